The lowest BCUT2D eigenvalue weighted by atomic mass is 9.79. The summed E-state index contributed by atoms with van der Waals surface area (Å²) in [5, 5.41) is 0. The quantitative estimate of drug-likeness (QED) is 0.821. The zero-order chi connectivity index (χ0) is 17.4. The van der Waals surface area contributed by atoms with E-state index >= 15 is 0 Å². The second kappa shape index (κ2) is 6.46. The van der Waals surface area contributed by atoms with Crippen LogP contribution in [0.15, 0.2) is 30.3 Å². The number of carbonyl (C=O) groups excluding carboxylic acids is 1. The lowest BCUT2D eigenvalue weighted by molar-refractivity contribution is -0.0935. The molecule has 1 amide bonds. The number of hydrogen-bond donors (Lipinski definition) is 0. The molecule has 25 heavy (non-hydrogen) atoms. The predicted molar refractivity (Wildman–Crippen MR) is 98.5 cm³/mol. The van der Waals surface area contributed by atoms with Crippen LogP contribution in [0.1, 0.15) is 38.5 Å². The molecule has 0 bridgehead atoms. The summed E-state index contributed by atoms with van der Waals surface area (Å²) in [5.74, 6) is 1.05. The molecule has 4 rings (SSSR count). The number of hydrogen-bond acceptors (Lipinski definition) is 4. The van der Waals surface area contributed by atoms with Crippen LogP contribution < -0.4 is 4.74 Å². The van der Waals surface area contributed by atoms with Crippen LogP contribution in [0.5, 0.6) is 5.75 Å². The molecule has 5 heteroatoms. The fourth-order valence-corrected chi connectivity index (χ4v) is 4.81. The Morgan fingerprint density at radius 2 is 2.04 bits per heavy atom. The summed E-state index contributed by atoms with van der Waals surface area (Å²) in [6.07, 6.45) is 2.62. The Morgan fingerprint density at radius 3 is 2.72 bits per heavy atom. The molecule has 0 atom stereocenters. The monoisotopic (exact) mass is 357 g/mol. The first-order valence-electron chi connectivity index (χ1n) is 8.78. The van der Waals surface area contributed by atoms with Crippen LogP contribution in [-0.2, 0) is 16.8 Å². The lowest BCUT2D eigenvalue weighted by Crippen LogP contribution is -2.48. The third-order valence-electron chi connectivity index (χ3n) is 5.36. The normalized spacial score (nSPS) is 18.9. The van der Waals surface area contributed by atoms with Crippen LogP contribution in [0, 0.1) is 6.92 Å². The number of nitrogens with zero attached hydrogens (tertiary/aromatic N) is 1. The van der Waals surface area contributed by atoms with Gasteiger partial charge in [-0.25, -0.2) is 0 Å². The standard InChI is InChI=1S/C20H23NO3S/c1-14-3-6-18(25-14)19(22)21-10-8-20(9-11-21)17-5-4-16(23-2)13-15(17)7-12-24-20/h3-6,13H,7-12H2,1-2H3. The fourth-order valence-electron chi connectivity index (χ4n) is 3.97. The van der Waals surface area contributed by atoms with Crippen molar-refractivity contribution in [2.75, 3.05) is 26.8 Å². The Hall–Kier alpha value is -1.85. The Bertz CT molecular complexity index is 790. The van der Waals surface area contributed by atoms with E-state index in [1.807, 2.05) is 30.0 Å². The van der Waals surface area contributed by atoms with Gasteiger partial charge in [-0.15, -0.1) is 11.3 Å². The molecule has 0 saturated carbocycles. The number of benzene rings is 1. The highest BCUT2D eigenvalue weighted by molar-refractivity contribution is 7.13. The minimum absolute atomic E-state index is 0.152. The predicted octanol–water partition coefficient (Wildman–Crippen LogP) is 3.77. The van der Waals surface area contributed by atoms with Crippen molar-refractivity contribution in [3.05, 3.63) is 51.2 Å². The molecule has 2 aliphatic heterocycles. The van der Waals surface area contributed by atoms with Gasteiger partial charge in [-0.1, -0.05) is 6.07 Å². The van der Waals surface area contributed by atoms with Crippen molar-refractivity contribution in [1.29, 1.82) is 0 Å². The number of fused-ring (bicyclic) bond motifs is 2. The van der Waals surface area contributed by atoms with Crippen LogP contribution >= 0.6 is 11.3 Å². The second-order valence-electron chi connectivity index (χ2n) is 6.82. The summed E-state index contributed by atoms with van der Waals surface area (Å²) in [4.78, 5) is 16.7. The van der Waals surface area contributed by atoms with Gasteiger partial charge in [0.15, 0.2) is 0 Å². The van der Waals surface area contributed by atoms with Crippen LogP contribution in [0.25, 0.3) is 0 Å². The highest BCUT2D eigenvalue weighted by Gasteiger charge is 2.41. The molecule has 0 unspecified atom stereocenters. The number of aryl methyl sites for hydroxylation is 1. The first-order valence-corrected chi connectivity index (χ1v) is 9.60. The van der Waals surface area contributed by atoms with Crippen molar-refractivity contribution in [1.82, 2.24) is 4.90 Å². The van der Waals surface area contributed by atoms with Gasteiger partial charge in [-0.05, 0) is 61.6 Å². The Labute approximate surface area is 152 Å². The fraction of sp³-hybridized carbons (Fsp3) is 0.450. The first-order chi connectivity index (χ1) is 12.1. The van der Waals surface area contributed by atoms with Gasteiger partial charge in [0.2, 0.25) is 0 Å². The zero-order valence-corrected chi connectivity index (χ0v) is 15.5. The maximum Gasteiger partial charge on any atom is 0.263 e. The third kappa shape index (κ3) is 2.96. The minimum Gasteiger partial charge on any atom is -0.497 e. The number of piperidine rings is 1. The topological polar surface area (TPSA) is 38.8 Å². The molecule has 1 aromatic heterocycles. The maximum absolute atomic E-state index is 12.7. The average molecular weight is 357 g/mol. The molecule has 2 aromatic rings. The third-order valence-corrected chi connectivity index (χ3v) is 6.35. The van der Waals surface area contributed by atoms with E-state index in [-0.39, 0.29) is 11.5 Å². The van der Waals surface area contributed by atoms with Gasteiger partial charge in [0, 0.05) is 18.0 Å². The van der Waals surface area contributed by atoms with E-state index < -0.39 is 0 Å². The smallest absolute Gasteiger partial charge is 0.263 e. The molecule has 0 N–H and O–H groups in total. The highest BCUT2D eigenvalue weighted by Crippen LogP contribution is 2.42. The van der Waals surface area contributed by atoms with Gasteiger partial charge in [-0.2, -0.15) is 0 Å². The van der Waals surface area contributed by atoms with Crippen molar-refractivity contribution in [2.45, 2.75) is 31.8 Å². The second-order valence-corrected chi connectivity index (χ2v) is 8.11. The summed E-state index contributed by atoms with van der Waals surface area (Å²) in [7, 11) is 1.70. The summed E-state index contributed by atoms with van der Waals surface area (Å²) < 4.78 is 11.6. The van der Waals surface area contributed by atoms with Crippen LogP contribution in [0.3, 0.4) is 0 Å². The number of thiophene rings is 1. The van der Waals surface area contributed by atoms with E-state index in [9.17, 15) is 4.79 Å². The van der Waals surface area contributed by atoms with Crippen LogP contribution in [0.4, 0.5) is 0 Å². The van der Waals surface area contributed by atoms with Crippen LogP contribution in [0.2, 0.25) is 0 Å². The molecular formula is C20H23NO3S. The highest BCUT2D eigenvalue weighted by atomic mass is 32.1. The zero-order valence-electron chi connectivity index (χ0n) is 14.7. The maximum atomic E-state index is 12.7. The molecule has 3 heterocycles. The number of likely N-dealkylation sites (tertiary alicyclic amines) is 1. The Kier molecular flexibility index (Phi) is 4.29. The molecule has 1 saturated heterocycles. The summed E-state index contributed by atoms with van der Waals surface area (Å²) in [6, 6.07) is 10.2. The van der Waals surface area contributed by atoms with Gasteiger partial charge in [-0.3, -0.25) is 4.79 Å². The number of methoxy groups -OCH3 is 1. The largest absolute Gasteiger partial charge is 0.497 e. The van der Waals surface area contributed by atoms with Crippen LogP contribution in [-0.4, -0.2) is 37.6 Å². The van der Waals surface area contributed by atoms with Crippen molar-refractivity contribution in [3.63, 3.8) is 0 Å². The number of ether oxygens (including phenoxy) is 2. The van der Waals surface area contributed by atoms with Crippen molar-refractivity contribution < 1.29 is 14.3 Å². The Morgan fingerprint density at radius 1 is 1.24 bits per heavy atom. The number of rotatable bonds is 2. The minimum atomic E-state index is -0.248. The van der Waals surface area contributed by atoms with E-state index in [2.05, 4.69) is 12.1 Å². The van der Waals surface area contributed by atoms with E-state index in [0.717, 1.165) is 49.6 Å². The van der Waals surface area contributed by atoms with Gasteiger partial charge in [0.1, 0.15) is 5.75 Å². The van der Waals surface area contributed by atoms with E-state index in [0.29, 0.717) is 0 Å². The molecule has 1 fully saturated rings. The molecule has 132 valence electrons. The summed E-state index contributed by atoms with van der Waals surface area (Å²) in [6.45, 7) is 4.24. The SMILES string of the molecule is COc1ccc2c(c1)CCOC21CCN(C(=O)c2ccc(C)s2)CC1. The lowest BCUT2D eigenvalue weighted by Gasteiger charge is -2.45. The molecule has 0 radical (unpaired) electrons. The molecule has 0 aliphatic carbocycles. The van der Waals surface area contributed by atoms with Crippen molar-refractivity contribution in [2.24, 2.45) is 0 Å². The molecule has 4 nitrogen and oxygen atoms in total. The molecule has 1 aromatic carbocycles. The average Bonchev–Trinajstić information content (AvgIpc) is 3.08. The Balaban J connectivity index is 1.53. The van der Waals surface area contributed by atoms with E-state index in [4.69, 9.17) is 9.47 Å². The molecular weight excluding hydrogens is 334 g/mol. The molecule has 1 spiro atoms. The van der Waals surface area contributed by atoms with Gasteiger partial charge in [0.05, 0.1) is 24.2 Å². The number of amides is 1. The van der Waals surface area contributed by atoms with Crippen molar-refractivity contribution in [3.8, 4) is 5.75 Å². The summed E-state index contributed by atoms with van der Waals surface area (Å²) >= 11 is 1.57. The van der Waals surface area contributed by atoms with Crippen molar-refractivity contribution >= 4 is 17.2 Å². The van der Waals surface area contributed by atoms with Gasteiger partial charge in [0.25, 0.3) is 5.91 Å². The number of carbonyl (C=O) groups is 1. The molecule has 2 aliphatic rings. The van der Waals surface area contributed by atoms with E-state index in [1.165, 1.54) is 16.0 Å². The van der Waals surface area contributed by atoms with Gasteiger partial charge < -0.3 is 14.4 Å². The van der Waals surface area contributed by atoms with Gasteiger partial charge >= 0.3 is 0 Å². The summed E-state index contributed by atoms with van der Waals surface area (Å²) in [5.41, 5.74) is 2.35. The first kappa shape index (κ1) is 16.6. The van der Waals surface area contributed by atoms with E-state index in [1.54, 1.807) is 18.4 Å².